The highest BCUT2D eigenvalue weighted by Gasteiger charge is 2.19. The van der Waals surface area contributed by atoms with Gasteiger partial charge in [-0.2, -0.15) is 0 Å². The molecule has 0 saturated carbocycles. The maximum atomic E-state index is 9.74. The first-order valence-electron chi connectivity index (χ1n) is 4.22. The van der Waals surface area contributed by atoms with Crippen molar-refractivity contribution in [3.05, 3.63) is 29.6 Å². The van der Waals surface area contributed by atoms with Gasteiger partial charge in [0.25, 0.3) is 0 Å². The van der Waals surface area contributed by atoms with Crippen LogP contribution in [0.15, 0.2) is 18.3 Å². The summed E-state index contributed by atoms with van der Waals surface area (Å²) < 4.78 is 0. The van der Waals surface area contributed by atoms with Gasteiger partial charge in [-0.1, -0.05) is 13.0 Å². The minimum atomic E-state index is -0.827. The normalized spacial score (nSPS) is 11.7. The first kappa shape index (κ1) is 9.20. The van der Waals surface area contributed by atoms with Crippen molar-refractivity contribution in [3.8, 4) is 0 Å². The molecule has 0 bridgehead atoms. The summed E-state index contributed by atoms with van der Waals surface area (Å²) in [6.07, 6.45) is 2.62. The van der Waals surface area contributed by atoms with E-state index in [4.69, 9.17) is 0 Å². The highest BCUT2D eigenvalue weighted by Crippen LogP contribution is 2.20. The van der Waals surface area contributed by atoms with Gasteiger partial charge in [-0.15, -0.1) is 0 Å². The molecule has 1 heterocycles. The zero-order valence-corrected chi connectivity index (χ0v) is 7.83. The molecule has 66 valence electrons. The van der Waals surface area contributed by atoms with E-state index in [-0.39, 0.29) is 0 Å². The van der Waals surface area contributed by atoms with Gasteiger partial charge >= 0.3 is 0 Å². The van der Waals surface area contributed by atoms with E-state index in [9.17, 15) is 5.11 Å². The smallest absolute Gasteiger partial charge is 0.101 e. The van der Waals surface area contributed by atoms with Gasteiger partial charge in [-0.05, 0) is 31.9 Å². The molecule has 0 aliphatic rings. The maximum Gasteiger partial charge on any atom is 0.101 e. The van der Waals surface area contributed by atoms with Gasteiger partial charge in [0.05, 0.1) is 5.69 Å². The summed E-state index contributed by atoms with van der Waals surface area (Å²) in [6, 6.07) is 3.90. The van der Waals surface area contributed by atoms with Gasteiger partial charge in [0.15, 0.2) is 0 Å². The number of aromatic nitrogens is 1. The number of pyridine rings is 1. The van der Waals surface area contributed by atoms with Crippen molar-refractivity contribution in [1.82, 2.24) is 4.98 Å². The molecule has 0 aliphatic heterocycles. The number of aliphatic hydroxyl groups is 1. The molecule has 0 atom stereocenters. The lowest BCUT2D eigenvalue weighted by atomic mass is 9.98. The number of rotatable bonds is 2. The third-order valence-electron chi connectivity index (χ3n) is 1.85. The molecule has 1 aromatic rings. The molecule has 12 heavy (non-hydrogen) atoms. The Morgan fingerprint density at radius 3 is 2.58 bits per heavy atom. The summed E-state index contributed by atoms with van der Waals surface area (Å²) in [7, 11) is 0. The highest BCUT2D eigenvalue weighted by atomic mass is 16.3. The Kier molecular flexibility index (Phi) is 2.48. The second kappa shape index (κ2) is 3.23. The Labute approximate surface area is 73.3 Å². The van der Waals surface area contributed by atoms with Crippen molar-refractivity contribution < 1.29 is 5.11 Å². The van der Waals surface area contributed by atoms with E-state index in [1.54, 1.807) is 20.0 Å². The van der Waals surface area contributed by atoms with E-state index in [1.165, 1.54) is 0 Å². The predicted octanol–water partition coefficient (Wildman–Crippen LogP) is 1.87. The molecule has 1 N–H and O–H groups in total. The largest absolute Gasteiger partial charge is 0.384 e. The zero-order valence-electron chi connectivity index (χ0n) is 7.83. The van der Waals surface area contributed by atoms with Gasteiger partial charge in [0.2, 0.25) is 0 Å². The fourth-order valence-electron chi connectivity index (χ4n) is 1.27. The van der Waals surface area contributed by atoms with E-state index >= 15 is 0 Å². The van der Waals surface area contributed by atoms with Crippen LogP contribution in [0.25, 0.3) is 0 Å². The molecule has 0 fully saturated rings. The molecule has 0 aliphatic carbocycles. The van der Waals surface area contributed by atoms with Crippen LogP contribution in [0.2, 0.25) is 0 Å². The molecular weight excluding hydrogens is 150 g/mol. The topological polar surface area (TPSA) is 33.1 Å². The van der Waals surface area contributed by atoms with Crippen LogP contribution >= 0.6 is 0 Å². The molecule has 0 amide bonds. The quantitative estimate of drug-likeness (QED) is 0.725. The van der Waals surface area contributed by atoms with Crippen LogP contribution in [-0.4, -0.2) is 10.1 Å². The summed E-state index contributed by atoms with van der Waals surface area (Å²) in [5.74, 6) is 0. The molecule has 0 spiro atoms. The summed E-state index contributed by atoms with van der Waals surface area (Å²) in [5, 5.41) is 9.74. The lowest BCUT2D eigenvalue weighted by Gasteiger charge is -2.19. The molecule has 0 aromatic carbocycles. The van der Waals surface area contributed by atoms with Crippen LogP contribution in [0.3, 0.4) is 0 Å². The average Bonchev–Trinajstić information content (AvgIpc) is 2.03. The summed E-state index contributed by atoms with van der Waals surface area (Å²) in [6.45, 7) is 5.58. The third kappa shape index (κ3) is 1.83. The molecular formula is C10H15NO. The molecule has 0 unspecified atom stereocenters. The number of aryl methyl sites for hydroxylation is 1. The fourth-order valence-corrected chi connectivity index (χ4v) is 1.27. The van der Waals surface area contributed by atoms with Gasteiger partial charge < -0.3 is 5.11 Å². The molecule has 1 aromatic heterocycles. The second-order valence-electron chi connectivity index (χ2n) is 3.42. The van der Waals surface area contributed by atoms with Gasteiger partial charge in [-0.25, -0.2) is 0 Å². The number of hydrogen-bond acceptors (Lipinski definition) is 2. The summed E-state index contributed by atoms with van der Waals surface area (Å²) in [4.78, 5) is 4.17. The molecule has 0 saturated heterocycles. The van der Waals surface area contributed by atoms with Crippen molar-refractivity contribution in [3.63, 3.8) is 0 Å². The Bertz CT molecular complexity index is 263. The van der Waals surface area contributed by atoms with Crippen molar-refractivity contribution in [2.75, 3.05) is 0 Å². The predicted molar refractivity (Wildman–Crippen MR) is 48.9 cm³/mol. The van der Waals surface area contributed by atoms with E-state index < -0.39 is 5.60 Å². The van der Waals surface area contributed by atoms with E-state index in [0.29, 0.717) is 0 Å². The van der Waals surface area contributed by atoms with Gasteiger partial charge in [0, 0.05) is 6.20 Å². The maximum absolute atomic E-state index is 9.74. The molecule has 2 heteroatoms. The number of nitrogens with zero attached hydrogens (tertiary/aromatic N) is 1. The standard InChI is InChI=1S/C10H15NO/c1-4-8-6-5-7-11-9(8)10(2,3)12/h5-7,12H,4H2,1-3H3. The van der Waals surface area contributed by atoms with Crippen LogP contribution in [0.4, 0.5) is 0 Å². The Morgan fingerprint density at radius 1 is 1.50 bits per heavy atom. The van der Waals surface area contributed by atoms with E-state index in [1.807, 2.05) is 12.1 Å². The minimum Gasteiger partial charge on any atom is -0.384 e. The lowest BCUT2D eigenvalue weighted by Crippen LogP contribution is -2.19. The Balaban J connectivity index is 3.14. The van der Waals surface area contributed by atoms with Crippen molar-refractivity contribution in [2.45, 2.75) is 32.8 Å². The third-order valence-corrected chi connectivity index (χ3v) is 1.85. The first-order valence-corrected chi connectivity index (χ1v) is 4.22. The van der Waals surface area contributed by atoms with Gasteiger partial charge in [0.1, 0.15) is 5.60 Å². The van der Waals surface area contributed by atoms with Crippen LogP contribution < -0.4 is 0 Å². The van der Waals surface area contributed by atoms with Crippen molar-refractivity contribution >= 4 is 0 Å². The number of hydrogen-bond donors (Lipinski definition) is 1. The summed E-state index contributed by atoms with van der Waals surface area (Å²) in [5.41, 5.74) is 1.07. The SMILES string of the molecule is CCc1cccnc1C(C)(C)O. The van der Waals surface area contributed by atoms with Crippen LogP contribution in [-0.2, 0) is 12.0 Å². The molecule has 2 nitrogen and oxygen atoms in total. The zero-order chi connectivity index (χ0) is 9.19. The first-order chi connectivity index (χ1) is 5.55. The van der Waals surface area contributed by atoms with E-state index in [2.05, 4.69) is 11.9 Å². The molecule has 0 radical (unpaired) electrons. The van der Waals surface area contributed by atoms with E-state index in [0.717, 1.165) is 17.7 Å². The molecule has 1 rings (SSSR count). The lowest BCUT2D eigenvalue weighted by molar-refractivity contribution is 0.0728. The van der Waals surface area contributed by atoms with Gasteiger partial charge in [-0.3, -0.25) is 4.98 Å². The average molecular weight is 165 g/mol. The van der Waals surface area contributed by atoms with Crippen LogP contribution in [0, 0.1) is 0 Å². The Morgan fingerprint density at radius 2 is 2.17 bits per heavy atom. The van der Waals surface area contributed by atoms with Crippen molar-refractivity contribution in [2.24, 2.45) is 0 Å². The van der Waals surface area contributed by atoms with Crippen LogP contribution in [0.5, 0.6) is 0 Å². The second-order valence-corrected chi connectivity index (χ2v) is 3.42. The summed E-state index contributed by atoms with van der Waals surface area (Å²) >= 11 is 0. The Hall–Kier alpha value is -0.890. The van der Waals surface area contributed by atoms with Crippen LogP contribution in [0.1, 0.15) is 32.0 Å². The minimum absolute atomic E-state index is 0.785. The fraction of sp³-hybridized carbons (Fsp3) is 0.500. The monoisotopic (exact) mass is 165 g/mol. The van der Waals surface area contributed by atoms with Crippen molar-refractivity contribution in [1.29, 1.82) is 0 Å². The highest BCUT2D eigenvalue weighted by molar-refractivity contribution is 5.23.